The summed E-state index contributed by atoms with van der Waals surface area (Å²) in [6.45, 7) is 5.34. The van der Waals surface area contributed by atoms with Crippen molar-refractivity contribution in [3.8, 4) is 11.4 Å². The van der Waals surface area contributed by atoms with E-state index in [0.717, 1.165) is 11.1 Å². The first-order valence-electron chi connectivity index (χ1n) is 11.2. The van der Waals surface area contributed by atoms with Gasteiger partial charge in [-0.1, -0.05) is 22.9 Å². The third-order valence-corrected chi connectivity index (χ3v) is 7.75. The summed E-state index contributed by atoms with van der Waals surface area (Å²) in [5.74, 6) is 0.977. The maximum absolute atomic E-state index is 12.8. The first-order chi connectivity index (χ1) is 16.6. The summed E-state index contributed by atoms with van der Waals surface area (Å²) in [6, 6.07) is 14.1. The number of rotatable bonds is 9. The highest BCUT2D eigenvalue weighted by Gasteiger charge is 2.33. The Morgan fingerprint density at radius 1 is 1.03 bits per heavy atom. The van der Waals surface area contributed by atoms with E-state index in [1.54, 1.807) is 43.1 Å². The molecular formula is C24H29N5O5S. The van der Waals surface area contributed by atoms with Gasteiger partial charge in [0, 0.05) is 44.9 Å². The number of carbonyl (C=O) groups excluding carboxylic acids is 1. The molecule has 0 spiro atoms. The summed E-state index contributed by atoms with van der Waals surface area (Å²) in [5, 5.41) is 3.90. The lowest BCUT2D eigenvalue weighted by molar-refractivity contribution is 0.116. The van der Waals surface area contributed by atoms with Crippen molar-refractivity contribution in [3.63, 3.8) is 0 Å². The summed E-state index contributed by atoms with van der Waals surface area (Å²) in [7, 11) is -0.107. The Kier molecular flexibility index (Phi) is 7.20. The number of ether oxygens (including phenoxy) is 1. The number of aromatic nitrogens is 2. The molecule has 186 valence electrons. The highest BCUT2D eigenvalue weighted by Crippen LogP contribution is 2.25. The average Bonchev–Trinajstić information content (AvgIpc) is 3.43. The van der Waals surface area contributed by atoms with Crippen molar-refractivity contribution >= 4 is 21.8 Å². The normalized spacial score (nSPS) is 16.3. The Hall–Kier alpha value is -3.28. The van der Waals surface area contributed by atoms with Gasteiger partial charge >= 0.3 is 6.09 Å². The molecular weight excluding hydrogens is 470 g/mol. The van der Waals surface area contributed by atoms with E-state index in [1.165, 1.54) is 4.31 Å². The second-order valence-electron chi connectivity index (χ2n) is 8.70. The van der Waals surface area contributed by atoms with Gasteiger partial charge in [-0.3, -0.25) is 4.90 Å². The van der Waals surface area contributed by atoms with Gasteiger partial charge in [0.1, 0.15) is 6.10 Å². The predicted molar refractivity (Wildman–Crippen MR) is 131 cm³/mol. The Bertz CT molecular complexity index is 1270. The van der Waals surface area contributed by atoms with Crippen LogP contribution in [0.5, 0.6) is 0 Å². The van der Waals surface area contributed by atoms with Crippen molar-refractivity contribution in [2.24, 2.45) is 0 Å². The first kappa shape index (κ1) is 24.8. The van der Waals surface area contributed by atoms with Gasteiger partial charge in [-0.2, -0.15) is 9.29 Å². The highest BCUT2D eigenvalue weighted by atomic mass is 32.2. The average molecular weight is 500 g/mol. The molecule has 0 aliphatic carbocycles. The largest absolute Gasteiger partial charge is 0.443 e. The fraction of sp³-hybridized carbons (Fsp3) is 0.375. The maximum atomic E-state index is 12.8. The van der Waals surface area contributed by atoms with E-state index in [2.05, 4.69) is 10.1 Å². The highest BCUT2D eigenvalue weighted by molar-refractivity contribution is 7.89. The zero-order chi connectivity index (χ0) is 25.2. The predicted octanol–water partition coefficient (Wildman–Crippen LogP) is 2.93. The number of likely N-dealkylation sites (N-methyl/N-ethyl adjacent to an activating group) is 2. The summed E-state index contributed by atoms with van der Waals surface area (Å²) in [6.07, 6.45) is -0.739. The quantitative estimate of drug-likeness (QED) is 0.442. The van der Waals surface area contributed by atoms with Crippen LogP contribution >= 0.6 is 0 Å². The number of sulfonamides is 1. The number of aryl methyl sites for hydroxylation is 2. The molecule has 1 unspecified atom stereocenters. The molecule has 1 fully saturated rings. The van der Waals surface area contributed by atoms with Gasteiger partial charge in [0.25, 0.3) is 0 Å². The number of cyclic esters (lactones) is 1. The van der Waals surface area contributed by atoms with E-state index in [-0.39, 0.29) is 11.0 Å². The van der Waals surface area contributed by atoms with Crippen LogP contribution in [0.1, 0.15) is 11.5 Å². The third kappa shape index (κ3) is 5.69. The minimum absolute atomic E-state index is 0.272. The molecule has 11 heteroatoms. The molecule has 10 nitrogen and oxygen atoms in total. The lowest BCUT2D eigenvalue weighted by Gasteiger charge is -2.23. The van der Waals surface area contributed by atoms with E-state index >= 15 is 0 Å². The van der Waals surface area contributed by atoms with Crippen LogP contribution in [-0.4, -0.2) is 80.2 Å². The van der Waals surface area contributed by atoms with Crippen molar-refractivity contribution in [1.82, 2.24) is 19.3 Å². The maximum Gasteiger partial charge on any atom is 0.414 e. The number of hydrogen-bond acceptors (Lipinski definition) is 8. The smallest absolute Gasteiger partial charge is 0.414 e. The molecule has 0 N–H and O–H groups in total. The molecule has 2 heterocycles. The van der Waals surface area contributed by atoms with Crippen molar-refractivity contribution in [1.29, 1.82) is 0 Å². The fourth-order valence-electron chi connectivity index (χ4n) is 3.80. The Balaban J connectivity index is 1.30. The van der Waals surface area contributed by atoms with Crippen LogP contribution in [0.3, 0.4) is 0 Å². The second kappa shape index (κ2) is 10.1. The molecule has 1 amide bonds. The molecule has 1 atom stereocenters. The van der Waals surface area contributed by atoms with Gasteiger partial charge in [-0.25, -0.2) is 13.2 Å². The topological polar surface area (TPSA) is 109 Å². The number of hydrogen-bond donors (Lipinski definition) is 0. The fourth-order valence-corrected chi connectivity index (χ4v) is 4.96. The van der Waals surface area contributed by atoms with E-state index in [4.69, 9.17) is 9.26 Å². The molecule has 0 saturated carbocycles. The lowest BCUT2D eigenvalue weighted by atomic mass is 10.2. The summed E-state index contributed by atoms with van der Waals surface area (Å²) < 4.78 is 37.5. The summed E-state index contributed by atoms with van der Waals surface area (Å²) in [4.78, 5) is 20.5. The Labute approximate surface area is 205 Å². The molecule has 0 bridgehead atoms. The molecule has 1 saturated heterocycles. The number of carbonyl (C=O) groups is 1. The number of benzene rings is 2. The molecule has 0 radical (unpaired) electrons. The Morgan fingerprint density at radius 2 is 1.71 bits per heavy atom. The van der Waals surface area contributed by atoms with E-state index in [0.29, 0.717) is 43.6 Å². The number of nitrogens with zero attached hydrogens (tertiary/aromatic N) is 5. The van der Waals surface area contributed by atoms with Crippen LogP contribution in [-0.2, 0) is 14.8 Å². The van der Waals surface area contributed by atoms with E-state index in [1.807, 2.05) is 43.1 Å². The molecule has 4 rings (SSSR count). The van der Waals surface area contributed by atoms with Gasteiger partial charge < -0.3 is 14.2 Å². The van der Waals surface area contributed by atoms with Gasteiger partial charge in [-0.05, 0) is 50.4 Å². The second-order valence-corrected chi connectivity index (χ2v) is 10.7. The lowest BCUT2D eigenvalue weighted by Crippen LogP contribution is -2.38. The Morgan fingerprint density at radius 3 is 2.34 bits per heavy atom. The van der Waals surface area contributed by atoms with Gasteiger partial charge in [0.15, 0.2) is 0 Å². The molecule has 35 heavy (non-hydrogen) atoms. The monoisotopic (exact) mass is 499 g/mol. The summed E-state index contributed by atoms with van der Waals surface area (Å²) in [5.41, 5.74) is 2.51. The van der Waals surface area contributed by atoms with Crippen molar-refractivity contribution < 1.29 is 22.5 Å². The van der Waals surface area contributed by atoms with Gasteiger partial charge in [-0.15, -0.1) is 0 Å². The van der Waals surface area contributed by atoms with E-state index in [9.17, 15) is 13.2 Å². The summed E-state index contributed by atoms with van der Waals surface area (Å²) >= 11 is 0. The van der Waals surface area contributed by atoms with Gasteiger partial charge in [0.05, 0.1) is 11.4 Å². The molecule has 1 aliphatic heterocycles. The molecule has 1 aromatic heterocycles. The SMILES string of the molecule is Cc1ccc(S(=O)(=O)N(C)CCN(C)CC2CN(c3ccc(-c4noc(C)n4)cc3)C(=O)O2)cc1. The van der Waals surface area contributed by atoms with Crippen LogP contribution in [0.15, 0.2) is 57.9 Å². The standard InChI is InChI=1S/C24H29N5O5S/c1-17-5-11-22(12-6-17)35(31,32)28(4)14-13-27(3)15-21-16-29(24(30)33-21)20-9-7-19(8-10-20)23-25-18(2)34-26-23/h5-12,21H,13-16H2,1-4H3. The van der Waals surface area contributed by atoms with Crippen LogP contribution in [0, 0.1) is 13.8 Å². The van der Waals surface area contributed by atoms with Crippen LogP contribution in [0.25, 0.3) is 11.4 Å². The first-order valence-corrected chi connectivity index (χ1v) is 12.7. The van der Waals surface area contributed by atoms with Crippen LogP contribution < -0.4 is 4.90 Å². The minimum atomic E-state index is -3.56. The third-order valence-electron chi connectivity index (χ3n) is 5.88. The zero-order valence-electron chi connectivity index (χ0n) is 20.2. The van der Waals surface area contributed by atoms with Crippen molar-refractivity contribution in [2.75, 3.05) is 45.2 Å². The molecule has 2 aromatic carbocycles. The van der Waals surface area contributed by atoms with Gasteiger partial charge in [0.2, 0.25) is 21.7 Å². The molecule has 1 aliphatic rings. The minimum Gasteiger partial charge on any atom is -0.443 e. The van der Waals surface area contributed by atoms with E-state index < -0.39 is 16.1 Å². The number of amides is 1. The van der Waals surface area contributed by atoms with Crippen LogP contribution in [0.4, 0.5) is 10.5 Å². The zero-order valence-corrected chi connectivity index (χ0v) is 21.0. The van der Waals surface area contributed by atoms with Crippen molar-refractivity contribution in [3.05, 3.63) is 60.0 Å². The molecule has 3 aromatic rings. The van der Waals surface area contributed by atoms with Crippen molar-refractivity contribution in [2.45, 2.75) is 24.8 Å². The van der Waals surface area contributed by atoms with Crippen LogP contribution in [0.2, 0.25) is 0 Å². The number of anilines is 1.